The smallest absolute Gasteiger partial charge is 0.252 e. The fraction of sp³-hybridized carbons (Fsp3) is 0.400. The van der Waals surface area contributed by atoms with E-state index in [-0.39, 0.29) is 11.6 Å². The standard InChI is InChI=1S/C15H18N4O/c1-2-12-9-14(20)18-15(17-12)19-8-4-6-13(19)11-5-3-7-16-10-11/h3,5,7,9-10,13H,2,4,6,8H2,1H3,(H,17,18,20). The first-order valence-corrected chi connectivity index (χ1v) is 7.04. The summed E-state index contributed by atoms with van der Waals surface area (Å²) < 4.78 is 0. The van der Waals surface area contributed by atoms with Gasteiger partial charge in [0.05, 0.1) is 6.04 Å². The lowest BCUT2D eigenvalue weighted by Crippen LogP contribution is -2.27. The van der Waals surface area contributed by atoms with Gasteiger partial charge in [0, 0.05) is 30.7 Å². The number of hydrogen-bond donors (Lipinski definition) is 1. The van der Waals surface area contributed by atoms with Crippen molar-refractivity contribution >= 4 is 5.95 Å². The summed E-state index contributed by atoms with van der Waals surface area (Å²) in [5.41, 5.74) is 1.93. The molecule has 0 bridgehead atoms. The van der Waals surface area contributed by atoms with Crippen LogP contribution in [0.1, 0.15) is 37.1 Å². The summed E-state index contributed by atoms with van der Waals surface area (Å²) in [6, 6.07) is 5.85. The second-order valence-electron chi connectivity index (χ2n) is 5.05. The van der Waals surface area contributed by atoms with Crippen LogP contribution >= 0.6 is 0 Å². The van der Waals surface area contributed by atoms with E-state index in [0.717, 1.165) is 31.5 Å². The van der Waals surface area contributed by atoms with Crippen LogP contribution in [-0.4, -0.2) is 21.5 Å². The minimum absolute atomic E-state index is 0.0799. The van der Waals surface area contributed by atoms with Crippen molar-refractivity contribution < 1.29 is 0 Å². The lowest BCUT2D eigenvalue weighted by molar-refractivity contribution is 0.694. The number of aryl methyl sites for hydroxylation is 1. The summed E-state index contributed by atoms with van der Waals surface area (Å²) in [5.74, 6) is 0.681. The number of rotatable bonds is 3. The molecule has 0 amide bonds. The van der Waals surface area contributed by atoms with Crippen LogP contribution in [0.25, 0.3) is 0 Å². The molecule has 1 unspecified atom stereocenters. The quantitative estimate of drug-likeness (QED) is 0.927. The van der Waals surface area contributed by atoms with Crippen molar-refractivity contribution in [3.63, 3.8) is 0 Å². The zero-order chi connectivity index (χ0) is 13.9. The topological polar surface area (TPSA) is 61.9 Å². The number of pyridine rings is 1. The van der Waals surface area contributed by atoms with E-state index in [9.17, 15) is 4.79 Å². The second kappa shape index (κ2) is 5.45. The van der Waals surface area contributed by atoms with Gasteiger partial charge in [-0.3, -0.25) is 14.8 Å². The summed E-state index contributed by atoms with van der Waals surface area (Å²) in [7, 11) is 0. The van der Waals surface area contributed by atoms with Crippen LogP contribution < -0.4 is 10.5 Å². The predicted octanol–water partition coefficient (Wildman–Crippen LogP) is 2.07. The van der Waals surface area contributed by atoms with Gasteiger partial charge in [-0.2, -0.15) is 0 Å². The molecule has 3 rings (SSSR count). The van der Waals surface area contributed by atoms with Gasteiger partial charge in [-0.15, -0.1) is 0 Å². The average molecular weight is 270 g/mol. The molecular weight excluding hydrogens is 252 g/mol. The minimum Gasteiger partial charge on any atom is -0.335 e. The molecule has 0 spiro atoms. The van der Waals surface area contributed by atoms with Gasteiger partial charge in [0.25, 0.3) is 5.56 Å². The largest absolute Gasteiger partial charge is 0.335 e. The minimum atomic E-state index is -0.0799. The molecule has 1 aliphatic heterocycles. The highest BCUT2D eigenvalue weighted by molar-refractivity contribution is 5.38. The van der Waals surface area contributed by atoms with Crippen molar-refractivity contribution in [2.24, 2.45) is 0 Å². The molecule has 1 saturated heterocycles. The Hall–Kier alpha value is -2.17. The fourth-order valence-corrected chi connectivity index (χ4v) is 2.75. The lowest BCUT2D eigenvalue weighted by atomic mass is 10.1. The summed E-state index contributed by atoms with van der Waals surface area (Å²) in [6.45, 7) is 2.92. The molecule has 1 N–H and O–H groups in total. The van der Waals surface area contributed by atoms with Crippen LogP contribution in [-0.2, 0) is 6.42 Å². The Morgan fingerprint density at radius 2 is 2.40 bits per heavy atom. The Kier molecular flexibility index (Phi) is 3.50. The van der Waals surface area contributed by atoms with Crippen molar-refractivity contribution in [3.8, 4) is 0 Å². The monoisotopic (exact) mass is 270 g/mol. The molecule has 5 nitrogen and oxygen atoms in total. The lowest BCUT2D eigenvalue weighted by Gasteiger charge is -2.25. The number of nitrogens with one attached hydrogen (secondary N) is 1. The number of H-pyrrole nitrogens is 1. The molecule has 2 aromatic heterocycles. The Labute approximate surface area is 117 Å². The normalized spacial score (nSPS) is 18.4. The molecule has 0 aromatic carbocycles. The predicted molar refractivity (Wildman–Crippen MR) is 77.8 cm³/mol. The summed E-state index contributed by atoms with van der Waals surface area (Å²) in [5, 5.41) is 0. The molecule has 0 saturated carbocycles. The molecule has 1 atom stereocenters. The zero-order valence-corrected chi connectivity index (χ0v) is 11.5. The Bertz CT molecular complexity index is 638. The highest BCUT2D eigenvalue weighted by Gasteiger charge is 2.28. The molecule has 2 aromatic rings. The second-order valence-corrected chi connectivity index (χ2v) is 5.05. The van der Waals surface area contributed by atoms with Gasteiger partial charge in [-0.1, -0.05) is 13.0 Å². The van der Waals surface area contributed by atoms with Gasteiger partial charge in [0.15, 0.2) is 0 Å². The van der Waals surface area contributed by atoms with Crippen LogP contribution in [0.3, 0.4) is 0 Å². The fourth-order valence-electron chi connectivity index (χ4n) is 2.75. The Morgan fingerprint density at radius 3 is 3.15 bits per heavy atom. The van der Waals surface area contributed by atoms with Crippen molar-refractivity contribution in [1.29, 1.82) is 0 Å². The highest BCUT2D eigenvalue weighted by atomic mass is 16.1. The third kappa shape index (κ3) is 2.43. The molecule has 1 aliphatic rings. The number of nitrogens with zero attached hydrogens (tertiary/aromatic N) is 3. The molecule has 3 heterocycles. The number of aromatic nitrogens is 3. The number of aromatic amines is 1. The third-order valence-corrected chi connectivity index (χ3v) is 3.74. The molecule has 20 heavy (non-hydrogen) atoms. The maximum absolute atomic E-state index is 11.7. The summed E-state index contributed by atoms with van der Waals surface area (Å²) in [6.07, 6.45) is 6.60. The molecule has 5 heteroatoms. The van der Waals surface area contributed by atoms with E-state index < -0.39 is 0 Å². The van der Waals surface area contributed by atoms with Crippen LogP contribution in [0.5, 0.6) is 0 Å². The first-order chi connectivity index (χ1) is 9.78. The first-order valence-electron chi connectivity index (χ1n) is 7.04. The van der Waals surface area contributed by atoms with Gasteiger partial charge in [-0.25, -0.2) is 4.98 Å². The third-order valence-electron chi connectivity index (χ3n) is 3.74. The van der Waals surface area contributed by atoms with E-state index in [1.165, 1.54) is 5.56 Å². The van der Waals surface area contributed by atoms with Crippen molar-refractivity contribution in [2.45, 2.75) is 32.2 Å². The van der Waals surface area contributed by atoms with Crippen molar-refractivity contribution in [1.82, 2.24) is 15.0 Å². The van der Waals surface area contributed by atoms with Gasteiger partial charge in [0.1, 0.15) is 0 Å². The van der Waals surface area contributed by atoms with E-state index in [4.69, 9.17) is 0 Å². The van der Waals surface area contributed by atoms with Crippen LogP contribution in [0.15, 0.2) is 35.4 Å². The van der Waals surface area contributed by atoms with Crippen LogP contribution in [0.2, 0.25) is 0 Å². The van der Waals surface area contributed by atoms with E-state index in [2.05, 4.69) is 25.9 Å². The van der Waals surface area contributed by atoms with Gasteiger partial charge in [-0.05, 0) is 30.9 Å². The molecule has 0 radical (unpaired) electrons. The highest BCUT2D eigenvalue weighted by Crippen LogP contribution is 2.33. The van der Waals surface area contributed by atoms with Crippen molar-refractivity contribution in [3.05, 3.63) is 52.2 Å². The Balaban J connectivity index is 1.96. The van der Waals surface area contributed by atoms with Crippen molar-refractivity contribution in [2.75, 3.05) is 11.4 Å². The SMILES string of the molecule is CCc1cc(=O)[nH]c(N2CCCC2c2cccnc2)n1. The molecule has 104 valence electrons. The molecule has 0 aliphatic carbocycles. The maximum atomic E-state index is 11.7. The first kappa shape index (κ1) is 12.8. The van der Waals surface area contributed by atoms with E-state index in [1.54, 1.807) is 12.3 Å². The van der Waals surface area contributed by atoms with Gasteiger partial charge < -0.3 is 4.90 Å². The Morgan fingerprint density at radius 1 is 1.50 bits per heavy atom. The average Bonchev–Trinajstić information content (AvgIpc) is 2.97. The van der Waals surface area contributed by atoms with E-state index in [1.807, 2.05) is 19.2 Å². The van der Waals surface area contributed by atoms with E-state index >= 15 is 0 Å². The summed E-state index contributed by atoms with van der Waals surface area (Å²) >= 11 is 0. The maximum Gasteiger partial charge on any atom is 0.252 e. The number of anilines is 1. The van der Waals surface area contributed by atoms with E-state index in [0.29, 0.717) is 5.95 Å². The molecule has 1 fully saturated rings. The molecular formula is C15H18N4O. The zero-order valence-electron chi connectivity index (χ0n) is 11.5. The summed E-state index contributed by atoms with van der Waals surface area (Å²) in [4.78, 5) is 25.5. The number of hydrogen-bond acceptors (Lipinski definition) is 4. The van der Waals surface area contributed by atoms with Crippen LogP contribution in [0.4, 0.5) is 5.95 Å². The van der Waals surface area contributed by atoms with Gasteiger partial charge >= 0.3 is 0 Å². The van der Waals surface area contributed by atoms with Crippen LogP contribution in [0, 0.1) is 0 Å². The van der Waals surface area contributed by atoms with Gasteiger partial charge in [0.2, 0.25) is 5.95 Å².